The van der Waals surface area contributed by atoms with Crippen LogP contribution in [-0.2, 0) is 0 Å². The Bertz CT molecular complexity index is 1030. The van der Waals surface area contributed by atoms with Gasteiger partial charge in [-0.05, 0) is 45.0 Å². The molecule has 0 aliphatic heterocycles. The quantitative estimate of drug-likeness (QED) is 0.626. The summed E-state index contributed by atoms with van der Waals surface area (Å²) in [4.78, 5) is 13.1. The van der Waals surface area contributed by atoms with Crippen molar-refractivity contribution in [3.05, 3.63) is 59.7 Å². The molecular formula is C21H19F2N5. The number of aromatic nitrogens is 3. The molecule has 7 heteroatoms. The first kappa shape index (κ1) is 19.2. The minimum absolute atomic E-state index is 0.0898. The highest BCUT2D eigenvalue weighted by molar-refractivity contribution is 5.63. The van der Waals surface area contributed by atoms with E-state index in [2.05, 4.69) is 37.4 Å². The lowest BCUT2D eigenvalue weighted by Crippen LogP contribution is -2.14. The van der Waals surface area contributed by atoms with E-state index in [1.165, 1.54) is 12.1 Å². The summed E-state index contributed by atoms with van der Waals surface area (Å²) in [5.74, 6) is 5.41. The summed E-state index contributed by atoms with van der Waals surface area (Å²) in [6.45, 7) is 5.67. The number of halogens is 2. The summed E-state index contributed by atoms with van der Waals surface area (Å²) in [5, 5.41) is 5.96. The molecule has 1 aromatic heterocycles. The number of nitrogens with zero attached hydrogens (tertiary/aromatic N) is 3. The Labute approximate surface area is 162 Å². The van der Waals surface area contributed by atoms with Crippen molar-refractivity contribution in [2.75, 3.05) is 10.6 Å². The molecule has 142 valence electrons. The van der Waals surface area contributed by atoms with Crippen LogP contribution < -0.4 is 10.6 Å². The Morgan fingerprint density at radius 2 is 1.64 bits per heavy atom. The molecule has 5 nitrogen and oxygen atoms in total. The monoisotopic (exact) mass is 379 g/mol. The van der Waals surface area contributed by atoms with Crippen LogP contribution in [0.4, 0.5) is 26.4 Å². The fourth-order valence-corrected chi connectivity index (χ4v) is 2.52. The smallest absolute Gasteiger partial charge is 0.232 e. The Morgan fingerprint density at radius 1 is 0.929 bits per heavy atom. The molecule has 28 heavy (non-hydrogen) atoms. The molecule has 2 aromatic carbocycles. The van der Waals surface area contributed by atoms with Gasteiger partial charge in [0, 0.05) is 28.9 Å². The number of nitrogens with one attached hydrogen (secondary N) is 2. The van der Waals surface area contributed by atoms with Gasteiger partial charge in [-0.15, -0.1) is 5.92 Å². The van der Waals surface area contributed by atoms with Crippen molar-refractivity contribution in [1.82, 2.24) is 15.0 Å². The first-order chi connectivity index (χ1) is 13.4. The van der Waals surface area contributed by atoms with Crippen LogP contribution in [0.3, 0.4) is 0 Å². The molecular weight excluding hydrogens is 360 g/mol. The van der Waals surface area contributed by atoms with Crippen molar-refractivity contribution < 1.29 is 8.78 Å². The van der Waals surface area contributed by atoms with Crippen LogP contribution in [0.15, 0.2) is 42.5 Å². The van der Waals surface area contributed by atoms with Crippen LogP contribution in [0.1, 0.15) is 26.3 Å². The molecule has 0 aliphatic rings. The Hall–Kier alpha value is -3.53. The molecule has 0 bridgehead atoms. The summed E-state index contributed by atoms with van der Waals surface area (Å²) in [6, 6.07) is 10.7. The lowest BCUT2D eigenvalue weighted by Gasteiger charge is -2.12. The zero-order chi connectivity index (χ0) is 20.1. The zero-order valence-electron chi connectivity index (χ0n) is 15.7. The van der Waals surface area contributed by atoms with Crippen molar-refractivity contribution in [1.29, 1.82) is 0 Å². The minimum Gasteiger partial charge on any atom is -0.352 e. The van der Waals surface area contributed by atoms with Gasteiger partial charge >= 0.3 is 0 Å². The lowest BCUT2D eigenvalue weighted by molar-refractivity contribution is 0.584. The van der Waals surface area contributed by atoms with E-state index in [1.807, 2.05) is 38.1 Å². The molecule has 3 aromatic rings. The minimum atomic E-state index is -0.692. The first-order valence-corrected chi connectivity index (χ1v) is 8.72. The molecule has 0 saturated carbocycles. The SMILES string of the molecule is CC#Cc1cccc(-c2nc(Nc3cc(F)cc(F)c3)nc(NC(C)C)n2)c1. The molecule has 0 fully saturated rings. The number of hydrogen-bond acceptors (Lipinski definition) is 5. The highest BCUT2D eigenvalue weighted by Gasteiger charge is 2.11. The van der Waals surface area contributed by atoms with Crippen molar-refractivity contribution in [3.63, 3.8) is 0 Å². The summed E-state index contributed by atoms with van der Waals surface area (Å²) in [7, 11) is 0. The number of anilines is 3. The number of rotatable bonds is 5. The second-order valence-electron chi connectivity index (χ2n) is 6.34. The third-order valence-electron chi connectivity index (χ3n) is 3.56. The maximum absolute atomic E-state index is 13.5. The fraction of sp³-hybridized carbons (Fsp3) is 0.190. The van der Waals surface area contributed by atoms with Crippen molar-refractivity contribution in [2.45, 2.75) is 26.8 Å². The van der Waals surface area contributed by atoms with Crippen LogP contribution in [0, 0.1) is 23.5 Å². The van der Waals surface area contributed by atoms with Gasteiger partial charge in [0.2, 0.25) is 11.9 Å². The predicted octanol–water partition coefficient (Wildman–Crippen LogP) is 4.75. The zero-order valence-corrected chi connectivity index (χ0v) is 15.7. The molecule has 3 rings (SSSR count). The summed E-state index contributed by atoms with van der Waals surface area (Å²) in [6.07, 6.45) is 0. The Morgan fingerprint density at radius 3 is 2.32 bits per heavy atom. The summed E-state index contributed by atoms with van der Waals surface area (Å²) in [5.41, 5.74) is 1.79. The van der Waals surface area contributed by atoms with Crippen molar-refractivity contribution in [3.8, 4) is 23.2 Å². The molecule has 2 N–H and O–H groups in total. The second kappa shape index (κ2) is 8.44. The van der Waals surface area contributed by atoms with E-state index >= 15 is 0 Å². The predicted molar refractivity (Wildman–Crippen MR) is 106 cm³/mol. The number of hydrogen-bond donors (Lipinski definition) is 2. The van der Waals surface area contributed by atoms with Gasteiger partial charge in [-0.3, -0.25) is 0 Å². The largest absolute Gasteiger partial charge is 0.352 e. The van der Waals surface area contributed by atoms with Crippen LogP contribution in [-0.4, -0.2) is 21.0 Å². The second-order valence-corrected chi connectivity index (χ2v) is 6.34. The van der Waals surface area contributed by atoms with Crippen LogP contribution in [0.25, 0.3) is 11.4 Å². The average Bonchev–Trinajstić information content (AvgIpc) is 2.60. The molecule has 0 unspecified atom stereocenters. The van der Waals surface area contributed by atoms with Crippen molar-refractivity contribution in [2.24, 2.45) is 0 Å². The highest BCUT2D eigenvalue weighted by Crippen LogP contribution is 2.22. The van der Waals surface area contributed by atoms with Gasteiger partial charge in [-0.2, -0.15) is 15.0 Å². The van der Waals surface area contributed by atoms with Gasteiger partial charge < -0.3 is 10.6 Å². The van der Waals surface area contributed by atoms with Gasteiger partial charge in [-0.1, -0.05) is 18.1 Å². The number of benzene rings is 2. The van der Waals surface area contributed by atoms with Gasteiger partial charge in [0.25, 0.3) is 0 Å². The Balaban J connectivity index is 2.03. The standard InChI is InChI=1S/C21H19F2N5/c1-4-6-14-7-5-8-15(9-14)19-26-20(24-13(2)3)28-21(27-19)25-18-11-16(22)10-17(23)12-18/h5,7-13H,1-3H3,(H2,24,25,26,27,28). The normalized spacial score (nSPS) is 10.4. The first-order valence-electron chi connectivity index (χ1n) is 8.72. The highest BCUT2D eigenvalue weighted by atomic mass is 19.1. The molecule has 0 saturated heterocycles. The van der Waals surface area contributed by atoms with Crippen molar-refractivity contribution >= 4 is 17.6 Å². The average molecular weight is 379 g/mol. The van der Waals surface area contributed by atoms with E-state index in [0.717, 1.165) is 17.2 Å². The Kier molecular flexibility index (Phi) is 5.80. The fourth-order valence-electron chi connectivity index (χ4n) is 2.52. The third kappa shape index (κ3) is 5.01. The lowest BCUT2D eigenvalue weighted by atomic mass is 10.1. The van der Waals surface area contributed by atoms with E-state index in [1.54, 1.807) is 6.92 Å². The summed E-state index contributed by atoms with van der Waals surface area (Å²) < 4.78 is 27.0. The molecule has 0 spiro atoms. The van der Waals surface area contributed by atoms with Gasteiger partial charge in [0.05, 0.1) is 0 Å². The summed E-state index contributed by atoms with van der Waals surface area (Å²) >= 11 is 0. The topological polar surface area (TPSA) is 62.7 Å². The van der Waals surface area contributed by atoms with E-state index in [9.17, 15) is 8.78 Å². The molecule has 0 aliphatic carbocycles. The van der Waals surface area contributed by atoms with Crippen LogP contribution in [0.2, 0.25) is 0 Å². The van der Waals surface area contributed by atoms with Gasteiger partial charge in [0.1, 0.15) is 11.6 Å². The maximum Gasteiger partial charge on any atom is 0.232 e. The molecule has 0 radical (unpaired) electrons. The van der Waals surface area contributed by atoms with E-state index in [4.69, 9.17) is 0 Å². The van der Waals surface area contributed by atoms with Crippen LogP contribution >= 0.6 is 0 Å². The van der Waals surface area contributed by atoms with E-state index in [0.29, 0.717) is 11.8 Å². The van der Waals surface area contributed by atoms with Crippen LogP contribution in [0.5, 0.6) is 0 Å². The van der Waals surface area contributed by atoms with Gasteiger partial charge in [0.15, 0.2) is 5.82 Å². The molecule has 0 atom stereocenters. The molecule has 0 amide bonds. The van der Waals surface area contributed by atoms with Gasteiger partial charge in [-0.25, -0.2) is 8.78 Å². The maximum atomic E-state index is 13.5. The molecule has 1 heterocycles. The van der Waals surface area contributed by atoms with E-state index < -0.39 is 11.6 Å². The van der Waals surface area contributed by atoms with E-state index in [-0.39, 0.29) is 17.7 Å². The third-order valence-corrected chi connectivity index (χ3v) is 3.56.